The zero-order chi connectivity index (χ0) is 28.1. The lowest BCUT2D eigenvalue weighted by Crippen LogP contribution is -2.26. The van der Waals surface area contributed by atoms with Gasteiger partial charge in [-0.15, -0.1) is 11.3 Å². The summed E-state index contributed by atoms with van der Waals surface area (Å²) in [4.78, 5) is 23.2. The summed E-state index contributed by atoms with van der Waals surface area (Å²) in [6, 6.07) is 17.2. The minimum Gasteiger partial charge on any atom is -0.481 e. The first-order valence-electron chi connectivity index (χ1n) is 12.4. The second-order valence-electron chi connectivity index (χ2n) is 9.17. The molecule has 1 aromatic heterocycles. The number of nitriles is 1. The summed E-state index contributed by atoms with van der Waals surface area (Å²) in [7, 11) is 0. The fourth-order valence-corrected chi connectivity index (χ4v) is 6.08. The van der Waals surface area contributed by atoms with Gasteiger partial charge in [0.15, 0.2) is 11.6 Å². The van der Waals surface area contributed by atoms with Gasteiger partial charge in [0.2, 0.25) is 0 Å². The lowest BCUT2D eigenvalue weighted by Gasteiger charge is -2.29. The fourth-order valence-electron chi connectivity index (χ4n) is 4.89. The van der Waals surface area contributed by atoms with Crippen molar-refractivity contribution in [1.29, 1.82) is 5.26 Å². The Morgan fingerprint density at radius 1 is 1.10 bits per heavy atom. The first kappa shape index (κ1) is 28.2. The summed E-state index contributed by atoms with van der Waals surface area (Å²) in [5.74, 6) is -4.00. The van der Waals surface area contributed by atoms with Crippen LogP contribution in [0.5, 0.6) is 0 Å². The standard InChI is InChI=1S/C30H25ClF2N2O3S/c1-2-3-22(17-4-6-19(7-5-17)30(38)35-13-12-25(36)37)26(18-8-10-21(31)11-9-18)23-16-39-29-20(15-34)14-24(32)28(33)27(23)29/h4-11,14,16,22,26H,2-3,12-13H2,1H3,(H,35,38)(H,36,37). The van der Waals surface area contributed by atoms with Gasteiger partial charge in [-0.05, 0) is 64.7 Å². The number of fused-ring (bicyclic) bond motifs is 1. The Hall–Kier alpha value is -3.80. The van der Waals surface area contributed by atoms with E-state index in [1.54, 1.807) is 29.6 Å². The summed E-state index contributed by atoms with van der Waals surface area (Å²) >= 11 is 7.38. The molecule has 4 rings (SSSR count). The number of thiophene rings is 1. The molecule has 1 heterocycles. The molecule has 2 unspecified atom stereocenters. The van der Waals surface area contributed by atoms with Gasteiger partial charge >= 0.3 is 5.97 Å². The number of carboxylic acids is 1. The Kier molecular flexibility index (Phi) is 8.95. The summed E-state index contributed by atoms with van der Waals surface area (Å²) in [6.45, 7) is 2.06. The Labute approximate surface area is 233 Å². The highest BCUT2D eigenvalue weighted by atomic mass is 35.5. The number of halogens is 3. The highest BCUT2D eigenvalue weighted by molar-refractivity contribution is 7.17. The second-order valence-corrected chi connectivity index (χ2v) is 10.5. The van der Waals surface area contributed by atoms with Gasteiger partial charge in [-0.1, -0.05) is 49.2 Å². The van der Waals surface area contributed by atoms with Crippen molar-refractivity contribution in [2.24, 2.45) is 0 Å². The molecule has 5 nitrogen and oxygen atoms in total. The first-order chi connectivity index (χ1) is 18.7. The van der Waals surface area contributed by atoms with Crippen LogP contribution < -0.4 is 5.32 Å². The van der Waals surface area contributed by atoms with Crippen LogP contribution in [-0.4, -0.2) is 23.5 Å². The van der Waals surface area contributed by atoms with Crippen molar-refractivity contribution in [3.05, 3.63) is 104 Å². The lowest BCUT2D eigenvalue weighted by molar-refractivity contribution is -0.136. The molecule has 2 atom stereocenters. The molecule has 0 spiro atoms. The molecule has 0 aliphatic carbocycles. The molecule has 0 fully saturated rings. The maximum Gasteiger partial charge on any atom is 0.305 e. The third-order valence-electron chi connectivity index (χ3n) is 6.68. The quantitative estimate of drug-likeness (QED) is 0.206. The molecule has 4 aromatic rings. The van der Waals surface area contributed by atoms with Crippen molar-refractivity contribution in [3.63, 3.8) is 0 Å². The highest BCUT2D eigenvalue weighted by Gasteiger charge is 2.31. The van der Waals surface area contributed by atoms with Gasteiger partial charge in [-0.2, -0.15) is 5.26 Å². The zero-order valence-corrected chi connectivity index (χ0v) is 22.6. The van der Waals surface area contributed by atoms with Crippen molar-refractivity contribution in [3.8, 4) is 6.07 Å². The van der Waals surface area contributed by atoms with Crippen LogP contribution in [-0.2, 0) is 4.79 Å². The van der Waals surface area contributed by atoms with Crippen LogP contribution in [0.4, 0.5) is 8.78 Å². The molecular formula is C30H25ClF2N2O3S. The van der Waals surface area contributed by atoms with Crippen molar-refractivity contribution in [1.82, 2.24) is 5.32 Å². The van der Waals surface area contributed by atoms with Crippen LogP contribution in [0.2, 0.25) is 5.02 Å². The molecule has 3 aromatic carbocycles. The molecule has 9 heteroatoms. The Balaban J connectivity index is 1.82. The van der Waals surface area contributed by atoms with E-state index in [0.29, 0.717) is 27.3 Å². The number of benzene rings is 3. The normalized spacial score (nSPS) is 12.6. The summed E-state index contributed by atoms with van der Waals surface area (Å²) in [5.41, 5.74) is 2.81. The minimum absolute atomic E-state index is 0.0189. The number of nitrogens with one attached hydrogen (secondary N) is 1. The van der Waals surface area contributed by atoms with E-state index in [4.69, 9.17) is 16.7 Å². The molecule has 0 bridgehead atoms. The molecule has 39 heavy (non-hydrogen) atoms. The number of amides is 1. The molecule has 0 saturated heterocycles. The molecule has 200 valence electrons. The predicted octanol–water partition coefficient (Wildman–Crippen LogP) is 7.62. The number of hydrogen-bond donors (Lipinski definition) is 2. The zero-order valence-electron chi connectivity index (χ0n) is 21.0. The number of rotatable bonds is 10. The molecule has 0 aliphatic rings. The average molecular weight is 567 g/mol. The Bertz CT molecular complexity index is 1550. The van der Waals surface area contributed by atoms with Crippen molar-refractivity contribution in [2.45, 2.75) is 38.0 Å². The van der Waals surface area contributed by atoms with Gasteiger partial charge in [-0.3, -0.25) is 9.59 Å². The first-order valence-corrected chi connectivity index (χ1v) is 13.7. The van der Waals surface area contributed by atoms with Crippen LogP contribution in [0.3, 0.4) is 0 Å². The molecule has 0 radical (unpaired) electrons. The third-order valence-corrected chi connectivity index (χ3v) is 7.96. The average Bonchev–Trinajstić information content (AvgIpc) is 3.36. The third kappa shape index (κ3) is 6.11. The number of carbonyl (C=O) groups excluding carboxylic acids is 1. The van der Waals surface area contributed by atoms with E-state index in [1.165, 1.54) is 11.3 Å². The van der Waals surface area contributed by atoms with Crippen LogP contribution in [0, 0.1) is 23.0 Å². The number of aliphatic carboxylic acids is 1. The maximum atomic E-state index is 15.3. The van der Waals surface area contributed by atoms with Gasteiger partial charge < -0.3 is 10.4 Å². The van der Waals surface area contributed by atoms with E-state index in [9.17, 15) is 19.2 Å². The van der Waals surface area contributed by atoms with E-state index < -0.39 is 23.5 Å². The smallest absolute Gasteiger partial charge is 0.305 e. The predicted molar refractivity (Wildman–Crippen MR) is 148 cm³/mol. The molecule has 2 N–H and O–H groups in total. The summed E-state index contributed by atoms with van der Waals surface area (Å²) in [6.07, 6.45) is 1.33. The van der Waals surface area contributed by atoms with Gasteiger partial charge in [0, 0.05) is 28.4 Å². The van der Waals surface area contributed by atoms with Crippen LogP contribution in [0.1, 0.15) is 70.6 Å². The monoisotopic (exact) mass is 566 g/mol. The van der Waals surface area contributed by atoms with Gasteiger partial charge in [0.25, 0.3) is 5.91 Å². The Morgan fingerprint density at radius 2 is 1.77 bits per heavy atom. The van der Waals surface area contributed by atoms with E-state index >= 15 is 4.39 Å². The van der Waals surface area contributed by atoms with Gasteiger partial charge in [0.1, 0.15) is 6.07 Å². The minimum atomic E-state index is -1.07. The molecule has 1 amide bonds. The second kappa shape index (κ2) is 12.4. The number of nitrogens with zero attached hydrogens (tertiary/aromatic N) is 1. The van der Waals surface area contributed by atoms with E-state index in [-0.39, 0.29) is 35.7 Å². The number of carboxylic acid groups (broad SMARTS) is 1. The summed E-state index contributed by atoms with van der Waals surface area (Å²) < 4.78 is 30.3. The largest absolute Gasteiger partial charge is 0.481 e. The molecule has 0 saturated carbocycles. The topological polar surface area (TPSA) is 90.2 Å². The van der Waals surface area contributed by atoms with E-state index in [2.05, 4.69) is 5.32 Å². The molecule has 0 aliphatic heterocycles. The lowest BCUT2D eigenvalue weighted by atomic mass is 9.75. The van der Waals surface area contributed by atoms with E-state index in [0.717, 1.165) is 23.6 Å². The van der Waals surface area contributed by atoms with Crippen molar-refractivity contribution >= 4 is 44.9 Å². The van der Waals surface area contributed by atoms with E-state index in [1.807, 2.05) is 37.3 Å². The molecular weight excluding hydrogens is 542 g/mol. The van der Waals surface area contributed by atoms with Crippen LogP contribution >= 0.6 is 22.9 Å². The Morgan fingerprint density at radius 3 is 2.38 bits per heavy atom. The SMILES string of the molecule is CCCC(c1ccc(C(=O)NCCC(=O)O)cc1)C(c1ccc(Cl)cc1)c1csc2c(C#N)cc(F)c(F)c12. The van der Waals surface area contributed by atoms with Gasteiger partial charge in [-0.25, -0.2) is 8.78 Å². The maximum absolute atomic E-state index is 15.3. The highest BCUT2D eigenvalue weighted by Crippen LogP contribution is 2.47. The van der Waals surface area contributed by atoms with Crippen LogP contribution in [0.25, 0.3) is 10.1 Å². The number of hydrogen-bond acceptors (Lipinski definition) is 4. The van der Waals surface area contributed by atoms with Gasteiger partial charge in [0.05, 0.1) is 16.7 Å². The van der Waals surface area contributed by atoms with Crippen LogP contribution in [0.15, 0.2) is 60.0 Å². The van der Waals surface area contributed by atoms with Crippen molar-refractivity contribution in [2.75, 3.05) is 6.54 Å². The fraction of sp³-hybridized carbons (Fsp3) is 0.233. The summed E-state index contributed by atoms with van der Waals surface area (Å²) in [5, 5.41) is 23.4. The number of carbonyl (C=O) groups is 2. The van der Waals surface area contributed by atoms with Crippen molar-refractivity contribution < 1.29 is 23.5 Å².